The summed E-state index contributed by atoms with van der Waals surface area (Å²) >= 11 is 0. The van der Waals surface area contributed by atoms with E-state index >= 15 is 0 Å². The second-order valence-electron chi connectivity index (χ2n) is 5.16. The molecule has 0 bridgehead atoms. The van der Waals surface area contributed by atoms with Crippen molar-refractivity contribution in [1.29, 1.82) is 0 Å². The predicted molar refractivity (Wildman–Crippen MR) is 85.2 cm³/mol. The molecule has 3 aromatic rings. The second-order valence-corrected chi connectivity index (χ2v) is 5.16. The van der Waals surface area contributed by atoms with Gasteiger partial charge in [0.2, 0.25) is 5.91 Å². The van der Waals surface area contributed by atoms with Gasteiger partial charge in [-0.1, -0.05) is 42.5 Å². The average Bonchev–Trinajstić information content (AvgIpc) is 2.96. The molecule has 0 unspecified atom stereocenters. The first-order valence-electron chi connectivity index (χ1n) is 7.18. The van der Waals surface area contributed by atoms with Crippen LogP contribution >= 0.6 is 0 Å². The van der Waals surface area contributed by atoms with Crippen LogP contribution in [0.2, 0.25) is 0 Å². The van der Waals surface area contributed by atoms with Gasteiger partial charge >= 0.3 is 0 Å². The second kappa shape index (κ2) is 6.27. The molecule has 2 aromatic carbocycles. The van der Waals surface area contributed by atoms with E-state index in [1.165, 1.54) is 10.9 Å². The maximum Gasteiger partial charge on any atom is 0.224 e. The quantitative estimate of drug-likeness (QED) is 0.740. The molecule has 21 heavy (non-hydrogen) atoms. The number of aromatic amines is 1. The van der Waals surface area contributed by atoms with Crippen LogP contribution in [0.5, 0.6) is 0 Å². The summed E-state index contributed by atoms with van der Waals surface area (Å²) in [5.41, 5.74) is 3.41. The molecule has 2 N–H and O–H groups in total. The van der Waals surface area contributed by atoms with E-state index in [2.05, 4.69) is 34.6 Å². The summed E-state index contributed by atoms with van der Waals surface area (Å²) in [4.78, 5) is 15.1. The number of amides is 1. The van der Waals surface area contributed by atoms with E-state index in [9.17, 15) is 4.79 Å². The van der Waals surface area contributed by atoms with Gasteiger partial charge in [-0.15, -0.1) is 0 Å². The van der Waals surface area contributed by atoms with Gasteiger partial charge in [0.15, 0.2) is 0 Å². The van der Waals surface area contributed by atoms with Gasteiger partial charge in [0.1, 0.15) is 0 Å². The summed E-state index contributed by atoms with van der Waals surface area (Å²) in [6.07, 6.45) is 3.22. The summed E-state index contributed by atoms with van der Waals surface area (Å²) in [5, 5.41) is 4.19. The van der Waals surface area contributed by atoms with Crippen molar-refractivity contribution in [2.75, 3.05) is 6.54 Å². The van der Waals surface area contributed by atoms with Gasteiger partial charge in [-0.3, -0.25) is 4.79 Å². The molecule has 0 saturated heterocycles. The minimum Gasteiger partial charge on any atom is -0.361 e. The van der Waals surface area contributed by atoms with Crippen LogP contribution in [0.3, 0.4) is 0 Å². The van der Waals surface area contributed by atoms with Crippen LogP contribution in [0.25, 0.3) is 10.9 Å². The molecule has 3 heteroatoms. The molecular weight excluding hydrogens is 260 g/mol. The summed E-state index contributed by atoms with van der Waals surface area (Å²) in [6.45, 7) is 0.665. The summed E-state index contributed by atoms with van der Waals surface area (Å²) < 4.78 is 0. The largest absolute Gasteiger partial charge is 0.361 e. The molecule has 0 fully saturated rings. The van der Waals surface area contributed by atoms with E-state index in [4.69, 9.17) is 0 Å². The zero-order valence-corrected chi connectivity index (χ0v) is 11.8. The zero-order valence-electron chi connectivity index (χ0n) is 11.8. The van der Waals surface area contributed by atoms with Gasteiger partial charge in [-0.05, 0) is 35.1 Å². The standard InChI is InChI=1S/C18H18N2O/c21-18(13-14-4-2-1-3-5-14)20-10-8-15-6-7-16-9-11-19-17(16)12-15/h1-7,9,11-12,19H,8,10,13H2,(H,20,21). The van der Waals surface area contributed by atoms with Crippen molar-refractivity contribution < 1.29 is 4.79 Å². The third kappa shape index (κ3) is 3.51. The lowest BCUT2D eigenvalue weighted by atomic mass is 10.1. The van der Waals surface area contributed by atoms with Crippen molar-refractivity contribution in [3.05, 3.63) is 71.9 Å². The first kappa shape index (κ1) is 13.4. The molecule has 0 spiro atoms. The van der Waals surface area contributed by atoms with Gasteiger partial charge in [0.25, 0.3) is 0 Å². The first-order valence-corrected chi connectivity index (χ1v) is 7.18. The number of carbonyl (C=O) groups excluding carboxylic acids is 1. The van der Waals surface area contributed by atoms with E-state index in [0.29, 0.717) is 13.0 Å². The van der Waals surface area contributed by atoms with Crippen molar-refractivity contribution in [3.63, 3.8) is 0 Å². The Balaban J connectivity index is 1.50. The Morgan fingerprint density at radius 2 is 1.86 bits per heavy atom. The monoisotopic (exact) mass is 278 g/mol. The maximum atomic E-state index is 11.9. The fraction of sp³-hybridized carbons (Fsp3) is 0.167. The minimum atomic E-state index is 0.0714. The third-order valence-electron chi connectivity index (χ3n) is 3.56. The fourth-order valence-corrected chi connectivity index (χ4v) is 2.44. The topological polar surface area (TPSA) is 44.9 Å². The SMILES string of the molecule is O=C(Cc1ccccc1)NCCc1ccc2cc[nH]c2c1. The Bertz CT molecular complexity index is 731. The highest BCUT2D eigenvalue weighted by atomic mass is 16.1. The molecule has 0 atom stereocenters. The van der Waals surface area contributed by atoms with E-state index < -0.39 is 0 Å². The molecule has 1 heterocycles. The Morgan fingerprint density at radius 3 is 2.71 bits per heavy atom. The Hall–Kier alpha value is -2.55. The molecule has 0 aliphatic carbocycles. The van der Waals surface area contributed by atoms with Crippen LogP contribution in [0.1, 0.15) is 11.1 Å². The van der Waals surface area contributed by atoms with Crippen LogP contribution in [0, 0.1) is 0 Å². The summed E-state index contributed by atoms with van der Waals surface area (Å²) in [7, 11) is 0. The Labute approximate surface area is 124 Å². The first-order chi connectivity index (χ1) is 10.3. The normalized spacial score (nSPS) is 10.7. The molecule has 0 aliphatic heterocycles. The van der Waals surface area contributed by atoms with E-state index in [0.717, 1.165) is 17.5 Å². The van der Waals surface area contributed by atoms with Gasteiger partial charge in [-0.2, -0.15) is 0 Å². The summed E-state index contributed by atoms with van der Waals surface area (Å²) in [6, 6.07) is 18.2. The lowest BCUT2D eigenvalue weighted by Gasteiger charge is -2.06. The van der Waals surface area contributed by atoms with E-state index in [-0.39, 0.29) is 5.91 Å². The van der Waals surface area contributed by atoms with Gasteiger partial charge in [0.05, 0.1) is 6.42 Å². The average molecular weight is 278 g/mol. The number of aromatic nitrogens is 1. The zero-order chi connectivity index (χ0) is 14.5. The summed E-state index contributed by atoms with van der Waals surface area (Å²) in [5.74, 6) is 0.0714. The minimum absolute atomic E-state index is 0.0714. The van der Waals surface area contributed by atoms with Crippen LogP contribution in [0.15, 0.2) is 60.8 Å². The number of hydrogen-bond donors (Lipinski definition) is 2. The molecule has 0 radical (unpaired) electrons. The molecule has 3 rings (SSSR count). The molecule has 106 valence electrons. The number of fused-ring (bicyclic) bond motifs is 1. The highest BCUT2D eigenvalue weighted by molar-refractivity contribution is 5.80. The Morgan fingerprint density at radius 1 is 1.00 bits per heavy atom. The number of rotatable bonds is 5. The van der Waals surface area contributed by atoms with E-state index in [1.54, 1.807) is 0 Å². The maximum absolute atomic E-state index is 11.9. The fourth-order valence-electron chi connectivity index (χ4n) is 2.44. The third-order valence-corrected chi connectivity index (χ3v) is 3.56. The van der Waals surface area contributed by atoms with Crippen molar-refractivity contribution in [3.8, 4) is 0 Å². The molecule has 0 aliphatic rings. The Kier molecular flexibility index (Phi) is 4.01. The van der Waals surface area contributed by atoms with Crippen LogP contribution in [-0.2, 0) is 17.6 Å². The van der Waals surface area contributed by atoms with Gasteiger partial charge in [0, 0.05) is 18.3 Å². The number of nitrogens with one attached hydrogen (secondary N) is 2. The van der Waals surface area contributed by atoms with Gasteiger partial charge < -0.3 is 10.3 Å². The van der Waals surface area contributed by atoms with E-state index in [1.807, 2.05) is 36.5 Å². The number of benzene rings is 2. The highest BCUT2D eigenvalue weighted by Crippen LogP contribution is 2.14. The van der Waals surface area contributed by atoms with Crippen molar-refractivity contribution in [2.24, 2.45) is 0 Å². The van der Waals surface area contributed by atoms with Gasteiger partial charge in [-0.25, -0.2) is 0 Å². The number of hydrogen-bond acceptors (Lipinski definition) is 1. The number of H-pyrrole nitrogens is 1. The van der Waals surface area contributed by atoms with Crippen molar-refractivity contribution in [1.82, 2.24) is 10.3 Å². The molecular formula is C18H18N2O. The molecule has 1 amide bonds. The van der Waals surface area contributed by atoms with Crippen molar-refractivity contribution in [2.45, 2.75) is 12.8 Å². The number of carbonyl (C=O) groups is 1. The van der Waals surface area contributed by atoms with Crippen LogP contribution < -0.4 is 5.32 Å². The smallest absolute Gasteiger partial charge is 0.224 e. The predicted octanol–water partition coefficient (Wildman–Crippen LogP) is 3.07. The lowest BCUT2D eigenvalue weighted by Crippen LogP contribution is -2.27. The molecule has 0 saturated carbocycles. The lowest BCUT2D eigenvalue weighted by molar-refractivity contribution is -0.120. The van der Waals surface area contributed by atoms with Crippen molar-refractivity contribution >= 4 is 16.8 Å². The van der Waals surface area contributed by atoms with Crippen LogP contribution in [0.4, 0.5) is 0 Å². The van der Waals surface area contributed by atoms with Crippen LogP contribution in [-0.4, -0.2) is 17.4 Å². The highest BCUT2D eigenvalue weighted by Gasteiger charge is 2.03. The molecule has 1 aromatic heterocycles. The molecule has 3 nitrogen and oxygen atoms in total.